The molecule has 0 radical (unpaired) electrons. The van der Waals surface area contributed by atoms with Crippen LogP contribution in [0.1, 0.15) is 42.1 Å². The maximum absolute atomic E-state index is 13.9. The second-order valence-electron chi connectivity index (χ2n) is 9.66. The van der Waals surface area contributed by atoms with Gasteiger partial charge in [0.2, 0.25) is 0 Å². The van der Waals surface area contributed by atoms with Gasteiger partial charge in [-0.25, -0.2) is 9.79 Å². The number of halogens is 2. The van der Waals surface area contributed by atoms with E-state index in [9.17, 15) is 9.59 Å². The molecule has 0 saturated heterocycles. The number of ether oxygens (including phenoxy) is 3. The van der Waals surface area contributed by atoms with Gasteiger partial charge < -0.3 is 14.2 Å². The Hall–Kier alpha value is -3.66. The number of thiazole rings is 1. The minimum absolute atomic E-state index is 0.219. The molecule has 1 aliphatic rings. The van der Waals surface area contributed by atoms with Crippen molar-refractivity contribution >= 4 is 50.9 Å². The lowest BCUT2D eigenvalue weighted by Crippen LogP contribution is -2.39. The molecule has 1 atom stereocenters. The van der Waals surface area contributed by atoms with Crippen molar-refractivity contribution in [2.45, 2.75) is 33.4 Å². The fraction of sp³-hybridized carbons (Fsp3) is 0.219. The Morgan fingerprint density at radius 1 is 1.12 bits per heavy atom. The number of nitrogens with zero attached hydrogens (tertiary/aromatic N) is 2. The van der Waals surface area contributed by atoms with Crippen LogP contribution in [0.3, 0.4) is 0 Å². The number of benzene rings is 3. The van der Waals surface area contributed by atoms with Gasteiger partial charge in [-0.1, -0.05) is 64.9 Å². The standard InChI is InChI=1S/C32H28BrClN2O5S/c1-5-40-31(38)27-19(3)35-32-36(28(27)22-10-6-18(2)7-11-22)30(37)26(42-32)16-21-14-24(33)29(25(15-21)39-4)41-17-20-8-12-23(34)13-9-20/h6-16,28H,5,17H2,1-4H3/b26-16-/t28-/m1/s1. The lowest BCUT2D eigenvalue weighted by Gasteiger charge is -2.24. The summed E-state index contributed by atoms with van der Waals surface area (Å²) in [5.74, 6) is 0.567. The first kappa shape index (κ1) is 29.8. The van der Waals surface area contributed by atoms with Gasteiger partial charge in [-0.2, -0.15) is 0 Å². The van der Waals surface area contributed by atoms with E-state index in [4.69, 9.17) is 25.8 Å². The summed E-state index contributed by atoms with van der Waals surface area (Å²) in [6.45, 7) is 6.06. The maximum atomic E-state index is 13.9. The van der Waals surface area contributed by atoms with Crippen LogP contribution in [-0.4, -0.2) is 24.3 Å². The summed E-state index contributed by atoms with van der Waals surface area (Å²) in [6, 6.07) is 18.2. The van der Waals surface area contributed by atoms with E-state index in [-0.39, 0.29) is 12.2 Å². The van der Waals surface area contributed by atoms with E-state index in [0.717, 1.165) is 22.3 Å². The highest BCUT2D eigenvalue weighted by molar-refractivity contribution is 9.10. The predicted octanol–water partition coefficient (Wildman–Crippen LogP) is 6.11. The molecule has 0 unspecified atom stereocenters. The van der Waals surface area contributed by atoms with Crippen LogP contribution in [0.15, 0.2) is 86.2 Å². The molecular formula is C32H28BrClN2O5S. The number of aryl methyl sites for hydroxylation is 1. The number of fused-ring (bicyclic) bond motifs is 1. The van der Waals surface area contributed by atoms with Crippen molar-refractivity contribution in [3.05, 3.63) is 123 Å². The minimum Gasteiger partial charge on any atom is -0.493 e. The molecule has 0 bridgehead atoms. The van der Waals surface area contributed by atoms with Crippen molar-refractivity contribution in [1.29, 1.82) is 0 Å². The van der Waals surface area contributed by atoms with Crippen LogP contribution in [0, 0.1) is 6.92 Å². The third-order valence-electron chi connectivity index (χ3n) is 6.76. The van der Waals surface area contributed by atoms with Crippen molar-refractivity contribution in [3.8, 4) is 11.5 Å². The first-order valence-corrected chi connectivity index (χ1v) is 15.2. The lowest BCUT2D eigenvalue weighted by atomic mass is 9.95. The Morgan fingerprint density at radius 2 is 1.83 bits per heavy atom. The van der Waals surface area contributed by atoms with E-state index < -0.39 is 12.0 Å². The molecule has 3 aromatic carbocycles. The summed E-state index contributed by atoms with van der Waals surface area (Å²) in [5.41, 5.74) is 4.19. The van der Waals surface area contributed by atoms with Gasteiger partial charge in [0.1, 0.15) is 6.61 Å². The molecule has 2 heterocycles. The lowest BCUT2D eigenvalue weighted by molar-refractivity contribution is -0.139. The molecule has 0 amide bonds. The second kappa shape index (κ2) is 12.7. The first-order valence-electron chi connectivity index (χ1n) is 13.2. The van der Waals surface area contributed by atoms with E-state index in [1.807, 2.05) is 67.6 Å². The van der Waals surface area contributed by atoms with Gasteiger partial charge in [-0.3, -0.25) is 9.36 Å². The van der Waals surface area contributed by atoms with E-state index in [2.05, 4.69) is 20.9 Å². The third-order valence-corrected chi connectivity index (χ3v) is 8.58. The normalized spacial score (nSPS) is 14.8. The molecule has 5 rings (SSSR count). The van der Waals surface area contributed by atoms with Crippen molar-refractivity contribution in [1.82, 2.24) is 4.57 Å². The van der Waals surface area contributed by atoms with Crippen LogP contribution < -0.4 is 24.4 Å². The number of allylic oxidation sites excluding steroid dienone is 1. The summed E-state index contributed by atoms with van der Waals surface area (Å²) in [6.07, 6.45) is 1.79. The SMILES string of the molecule is CCOC(=O)C1=C(C)N=c2s/c(=C\c3cc(Br)c(OCc4ccc(Cl)cc4)c(OC)c3)c(=O)n2[C@@H]1c1ccc(C)cc1. The van der Waals surface area contributed by atoms with Crippen LogP contribution in [0.2, 0.25) is 5.02 Å². The number of carbonyl (C=O) groups excluding carboxylic acids is 1. The highest BCUT2D eigenvalue weighted by atomic mass is 79.9. The number of rotatable bonds is 8. The van der Waals surface area contributed by atoms with E-state index in [1.165, 1.54) is 11.3 Å². The Bertz CT molecular complexity index is 1860. The minimum atomic E-state index is -0.659. The van der Waals surface area contributed by atoms with Crippen LogP contribution in [0.5, 0.6) is 11.5 Å². The van der Waals surface area contributed by atoms with E-state index in [1.54, 1.807) is 31.6 Å². The van der Waals surface area contributed by atoms with Gasteiger partial charge >= 0.3 is 5.97 Å². The van der Waals surface area contributed by atoms with E-state index in [0.29, 0.717) is 48.2 Å². The Morgan fingerprint density at radius 3 is 2.50 bits per heavy atom. The fourth-order valence-corrected chi connectivity index (χ4v) is 6.45. The molecule has 0 saturated carbocycles. The molecule has 0 fully saturated rings. The quantitative estimate of drug-likeness (QED) is 0.212. The van der Waals surface area contributed by atoms with Gasteiger partial charge in [-0.15, -0.1) is 0 Å². The van der Waals surface area contributed by atoms with Crippen LogP contribution >= 0.6 is 38.9 Å². The molecule has 7 nitrogen and oxygen atoms in total. The summed E-state index contributed by atoms with van der Waals surface area (Å²) in [7, 11) is 1.57. The molecule has 1 aromatic heterocycles. The summed E-state index contributed by atoms with van der Waals surface area (Å²) < 4.78 is 19.8. The summed E-state index contributed by atoms with van der Waals surface area (Å²) in [5, 5.41) is 0.657. The smallest absolute Gasteiger partial charge is 0.338 e. The summed E-state index contributed by atoms with van der Waals surface area (Å²) >= 11 is 10.9. The average molecular weight is 668 g/mol. The zero-order valence-electron chi connectivity index (χ0n) is 23.4. The zero-order chi connectivity index (χ0) is 30.0. The Labute approximate surface area is 260 Å². The first-order chi connectivity index (χ1) is 20.2. The molecule has 42 heavy (non-hydrogen) atoms. The summed E-state index contributed by atoms with van der Waals surface area (Å²) in [4.78, 5) is 32.2. The van der Waals surface area contributed by atoms with Crippen LogP contribution in [0.25, 0.3) is 6.08 Å². The molecule has 216 valence electrons. The fourth-order valence-electron chi connectivity index (χ4n) is 4.71. The number of methoxy groups -OCH3 is 1. The number of aromatic nitrogens is 1. The predicted molar refractivity (Wildman–Crippen MR) is 168 cm³/mol. The molecule has 0 spiro atoms. The number of carbonyl (C=O) groups is 1. The van der Waals surface area contributed by atoms with Gasteiger partial charge in [-0.05, 0) is 83.7 Å². The van der Waals surface area contributed by atoms with Gasteiger partial charge in [0.15, 0.2) is 16.3 Å². The average Bonchev–Trinajstić information content (AvgIpc) is 3.26. The largest absolute Gasteiger partial charge is 0.493 e. The maximum Gasteiger partial charge on any atom is 0.338 e. The van der Waals surface area contributed by atoms with Crippen molar-refractivity contribution in [2.75, 3.05) is 13.7 Å². The monoisotopic (exact) mass is 666 g/mol. The van der Waals surface area contributed by atoms with Gasteiger partial charge in [0, 0.05) is 5.02 Å². The van der Waals surface area contributed by atoms with Crippen LogP contribution in [-0.2, 0) is 16.1 Å². The molecule has 0 N–H and O–H groups in total. The van der Waals surface area contributed by atoms with Crippen LogP contribution in [0.4, 0.5) is 0 Å². The van der Waals surface area contributed by atoms with Gasteiger partial charge in [0.05, 0.1) is 40.0 Å². The molecule has 10 heteroatoms. The highest BCUT2D eigenvalue weighted by Crippen LogP contribution is 2.37. The molecule has 4 aromatic rings. The van der Waals surface area contributed by atoms with Gasteiger partial charge in [0.25, 0.3) is 5.56 Å². The Kier molecular flexibility index (Phi) is 9.01. The van der Waals surface area contributed by atoms with E-state index >= 15 is 0 Å². The van der Waals surface area contributed by atoms with Crippen molar-refractivity contribution in [3.63, 3.8) is 0 Å². The molecule has 1 aliphatic heterocycles. The highest BCUT2D eigenvalue weighted by Gasteiger charge is 2.33. The number of esters is 1. The molecular weight excluding hydrogens is 640 g/mol. The third kappa shape index (κ3) is 6.09. The zero-order valence-corrected chi connectivity index (χ0v) is 26.6. The van der Waals surface area contributed by atoms with Crippen molar-refractivity contribution < 1.29 is 19.0 Å². The second-order valence-corrected chi connectivity index (χ2v) is 12.0. The molecule has 0 aliphatic carbocycles. The Balaban J connectivity index is 1.56. The topological polar surface area (TPSA) is 79.1 Å². The van der Waals surface area contributed by atoms with Crippen molar-refractivity contribution in [2.24, 2.45) is 4.99 Å². The number of hydrogen-bond acceptors (Lipinski definition) is 7. The number of hydrogen-bond donors (Lipinski definition) is 0.